The first kappa shape index (κ1) is 7.30. The van der Waals surface area contributed by atoms with E-state index in [1.807, 2.05) is 4.90 Å². The minimum atomic E-state index is -0.218. The van der Waals surface area contributed by atoms with Crippen LogP contribution in [0.2, 0.25) is 0 Å². The Kier molecular flexibility index (Phi) is 1.58. The Hall–Kier alpha value is -1.36. The molecule has 0 aromatic carbocycles. The van der Waals surface area contributed by atoms with Crippen LogP contribution in [-0.4, -0.2) is 34.5 Å². The number of nitrogens with zero attached hydrogens (tertiary/aromatic N) is 3. The maximum atomic E-state index is 9.02. The lowest BCUT2D eigenvalue weighted by atomic mass is 10.2. The van der Waals surface area contributed by atoms with E-state index in [1.165, 1.54) is 0 Å². The number of aromatic nitrogens is 2. The highest BCUT2D eigenvalue weighted by Gasteiger charge is 2.25. The van der Waals surface area contributed by atoms with Gasteiger partial charge in [-0.1, -0.05) is 0 Å². The van der Waals surface area contributed by atoms with E-state index in [0.29, 0.717) is 18.9 Å². The molecule has 0 bridgehead atoms. The van der Waals surface area contributed by atoms with Gasteiger partial charge in [-0.2, -0.15) is 0 Å². The molecule has 0 atom stereocenters. The van der Waals surface area contributed by atoms with Crippen LogP contribution in [-0.2, 0) is 0 Å². The van der Waals surface area contributed by atoms with Crippen LogP contribution in [0.1, 0.15) is 0 Å². The molecule has 5 heteroatoms. The van der Waals surface area contributed by atoms with E-state index in [4.69, 9.17) is 10.8 Å². The van der Waals surface area contributed by atoms with Crippen molar-refractivity contribution in [3.63, 3.8) is 0 Å². The molecule has 5 nitrogen and oxygen atoms in total. The van der Waals surface area contributed by atoms with Gasteiger partial charge in [-0.3, -0.25) is 0 Å². The Morgan fingerprint density at radius 1 is 1.42 bits per heavy atom. The molecule has 12 heavy (non-hydrogen) atoms. The fourth-order valence-corrected chi connectivity index (χ4v) is 1.15. The first-order chi connectivity index (χ1) is 5.75. The summed E-state index contributed by atoms with van der Waals surface area (Å²) < 4.78 is 0. The highest BCUT2D eigenvalue weighted by molar-refractivity contribution is 5.43. The molecule has 0 amide bonds. The van der Waals surface area contributed by atoms with Crippen molar-refractivity contribution in [3.8, 4) is 0 Å². The van der Waals surface area contributed by atoms with Gasteiger partial charge in [0.25, 0.3) is 0 Å². The number of β-amino-alcohol motifs (C(OH)–C–C–N with tert-alkyl or cyclic N) is 1. The molecule has 1 aliphatic heterocycles. The quantitative estimate of drug-likeness (QED) is 0.573. The Labute approximate surface area is 69.8 Å². The van der Waals surface area contributed by atoms with Gasteiger partial charge >= 0.3 is 0 Å². The number of nitrogen functional groups attached to an aromatic ring is 1. The smallest absolute Gasteiger partial charge is 0.151 e. The van der Waals surface area contributed by atoms with Crippen molar-refractivity contribution >= 4 is 11.6 Å². The van der Waals surface area contributed by atoms with Crippen molar-refractivity contribution in [2.45, 2.75) is 6.10 Å². The second-order valence-electron chi connectivity index (χ2n) is 2.88. The Morgan fingerprint density at radius 3 is 2.67 bits per heavy atom. The largest absolute Gasteiger partial charge is 0.389 e. The molecular formula is C7H10N4O. The number of aliphatic hydroxyl groups is 1. The van der Waals surface area contributed by atoms with Crippen LogP contribution in [0, 0.1) is 0 Å². The van der Waals surface area contributed by atoms with Gasteiger partial charge in [0.1, 0.15) is 5.82 Å². The molecule has 1 aromatic rings. The summed E-state index contributed by atoms with van der Waals surface area (Å²) in [7, 11) is 0. The van der Waals surface area contributed by atoms with Gasteiger partial charge in [0.2, 0.25) is 0 Å². The Bertz CT molecular complexity index is 267. The summed E-state index contributed by atoms with van der Waals surface area (Å²) in [4.78, 5) is 1.94. The van der Waals surface area contributed by atoms with E-state index >= 15 is 0 Å². The molecule has 2 heterocycles. The molecule has 0 spiro atoms. The number of anilines is 2. The van der Waals surface area contributed by atoms with Crippen LogP contribution in [0.3, 0.4) is 0 Å². The molecule has 1 aliphatic rings. The molecule has 0 unspecified atom stereocenters. The molecule has 0 saturated carbocycles. The van der Waals surface area contributed by atoms with Crippen molar-refractivity contribution in [2.24, 2.45) is 0 Å². The SMILES string of the molecule is Nc1ccc(N2CC(O)C2)nn1. The molecule has 0 radical (unpaired) electrons. The molecule has 3 N–H and O–H groups in total. The van der Waals surface area contributed by atoms with Gasteiger partial charge in [-0.25, -0.2) is 0 Å². The minimum absolute atomic E-state index is 0.218. The van der Waals surface area contributed by atoms with E-state index in [2.05, 4.69) is 10.2 Å². The summed E-state index contributed by atoms with van der Waals surface area (Å²) in [5, 5.41) is 16.6. The fraction of sp³-hybridized carbons (Fsp3) is 0.429. The number of hydrogen-bond donors (Lipinski definition) is 2. The van der Waals surface area contributed by atoms with Gasteiger partial charge in [0.15, 0.2) is 5.82 Å². The second-order valence-corrected chi connectivity index (χ2v) is 2.88. The van der Waals surface area contributed by atoms with E-state index < -0.39 is 0 Å². The average Bonchev–Trinajstić information content (AvgIpc) is 2.01. The normalized spacial score (nSPS) is 17.6. The zero-order valence-electron chi connectivity index (χ0n) is 6.51. The van der Waals surface area contributed by atoms with Gasteiger partial charge < -0.3 is 15.7 Å². The topological polar surface area (TPSA) is 75.3 Å². The molecule has 1 saturated heterocycles. The molecular weight excluding hydrogens is 156 g/mol. The monoisotopic (exact) mass is 166 g/mol. The first-order valence-electron chi connectivity index (χ1n) is 3.78. The fourth-order valence-electron chi connectivity index (χ4n) is 1.15. The van der Waals surface area contributed by atoms with Crippen molar-refractivity contribution in [1.29, 1.82) is 0 Å². The van der Waals surface area contributed by atoms with Crippen LogP contribution in [0.25, 0.3) is 0 Å². The summed E-state index contributed by atoms with van der Waals surface area (Å²) in [6.07, 6.45) is -0.218. The Balaban J connectivity index is 2.09. The molecule has 1 fully saturated rings. The third-order valence-corrected chi connectivity index (χ3v) is 1.86. The van der Waals surface area contributed by atoms with E-state index in [-0.39, 0.29) is 6.10 Å². The first-order valence-corrected chi connectivity index (χ1v) is 3.78. The zero-order valence-corrected chi connectivity index (χ0v) is 6.51. The van der Waals surface area contributed by atoms with Crippen LogP contribution in [0.5, 0.6) is 0 Å². The number of nitrogens with two attached hydrogens (primary N) is 1. The summed E-state index contributed by atoms with van der Waals surface area (Å²) in [6.45, 7) is 1.27. The number of hydrogen-bond acceptors (Lipinski definition) is 5. The van der Waals surface area contributed by atoms with Gasteiger partial charge in [-0.15, -0.1) is 10.2 Å². The number of aliphatic hydroxyl groups excluding tert-OH is 1. The van der Waals surface area contributed by atoms with Crippen molar-refractivity contribution < 1.29 is 5.11 Å². The third-order valence-electron chi connectivity index (χ3n) is 1.86. The maximum absolute atomic E-state index is 9.02. The highest BCUT2D eigenvalue weighted by atomic mass is 16.3. The van der Waals surface area contributed by atoms with Crippen LogP contribution < -0.4 is 10.6 Å². The lowest BCUT2D eigenvalue weighted by Gasteiger charge is -2.36. The Morgan fingerprint density at radius 2 is 2.17 bits per heavy atom. The zero-order chi connectivity index (χ0) is 8.55. The summed E-state index contributed by atoms with van der Waals surface area (Å²) in [6, 6.07) is 3.50. The summed E-state index contributed by atoms with van der Waals surface area (Å²) in [5.74, 6) is 1.19. The third kappa shape index (κ3) is 1.18. The predicted octanol–water partition coefficient (Wildman–Crippen LogP) is -0.760. The molecule has 1 aromatic heterocycles. The summed E-state index contributed by atoms with van der Waals surface area (Å²) >= 11 is 0. The number of rotatable bonds is 1. The maximum Gasteiger partial charge on any atom is 0.151 e. The second kappa shape index (κ2) is 2.60. The molecule has 2 rings (SSSR count). The lowest BCUT2D eigenvalue weighted by Crippen LogP contribution is -2.51. The van der Waals surface area contributed by atoms with E-state index in [0.717, 1.165) is 5.82 Å². The van der Waals surface area contributed by atoms with Gasteiger partial charge in [0.05, 0.1) is 6.10 Å². The van der Waals surface area contributed by atoms with Gasteiger partial charge in [0, 0.05) is 13.1 Å². The lowest BCUT2D eigenvalue weighted by molar-refractivity contribution is 0.141. The minimum Gasteiger partial charge on any atom is -0.389 e. The van der Waals surface area contributed by atoms with Crippen molar-refractivity contribution in [3.05, 3.63) is 12.1 Å². The van der Waals surface area contributed by atoms with Gasteiger partial charge in [-0.05, 0) is 12.1 Å². The molecule has 64 valence electrons. The average molecular weight is 166 g/mol. The highest BCUT2D eigenvalue weighted by Crippen LogP contribution is 2.17. The summed E-state index contributed by atoms with van der Waals surface area (Å²) in [5.41, 5.74) is 5.37. The van der Waals surface area contributed by atoms with Crippen molar-refractivity contribution in [2.75, 3.05) is 23.7 Å². The van der Waals surface area contributed by atoms with E-state index in [1.54, 1.807) is 12.1 Å². The van der Waals surface area contributed by atoms with Crippen molar-refractivity contribution in [1.82, 2.24) is 10.2 Å². The predicted molar refractivity (Wildman–Crippen MR) is 44.7 cm³/mol. The molecule has 0 aliphatic carbocycles. The van der Waals surface area contributed by atoms with Crippen LogP contribution in [0.4, 0.5) is 11.6 Å². The van der Waals surface area contributed by atoms with Crippen LogP contribution in [0.15, 0.2) is 12.1 Å². The standard InChI is InChI=1S/C7H10N4O/c8-6-1-2-7(10-9-6)11-3-5(12)4-11/h1-2,5,12H,3-4H2,(H2,8,9). The van der Waals surface area contributed by atoms with Crippen LogP contribution >= 0.6 is 0 Å². The van der Waals surface area contributed by atoms with E-state index in [9.17, 15) is 0 Å².